The molecule has 1 saturated heterocycles. The van der Waals surface area contributed by atoms with Gasteiger partial charge in [0.15, 0.2) is 9.84 Å². The summed E-state index contributed by atoms with van der Waals surface area (Å²) in [6.45, 7) is 7.00. The first-order valence-electron chi connectivity index (χ1n) is 10.6. The Labute approximate surface area is 197 Å². The van der Waals surface area contributed by atoms with E-state index in [0.717, 1.165) is 26.6 Å². The lowest BCUT2D eigenvalue weighted by molar-refractivity contribution is 0.343. The van der Waals surface area contributed by atoms with Crippen LogP contribution in [0.3, 0.4) is 0 Å². The molecule has 33 heavy (non-hydrogen) atoms. The molecule has 182 valence electrons. The highest BCUT2D eigenvalue weighted by molar-refractivity contribution is 7.92. The molecule has 1 fully saturated rings. The zero-order chi connectivity index (χ0) is 24.6. The second-order valence-electron chi connectivity index (χ2n) is 8.56. The normalized spacial score (nSPS) is 18.6. The number of aryl methyl sites for hydroxylation is 4. The van der Waals surface area contributed by atoms with E-state index < -0.39 is 35.9 Å². The van der Waals surface area contributed by atoms with Crippen LogP contribution in [0.15, 0.2) is 46.2 Å². The van der Waals surface area contributed by atoms with Crippen molar-refractivity contribution >= 4 is 29.9 Å². The standard InChI is InChI=1S/C22H30N2O6S3/c1-16-5-7-21(13-18(16)3)32(27,28)23-10-11-24(20-9-12-31(25,26)15-20)33(29,30)22-8-6-17(2)19(4)14-22/h5-8,13-14,20,23H,9-12,15H2,1-4H3/t20-/m1/s1. The summed E-state index contributed by atoms with van der Waals surface area (Å²) in [6.07, 6.45) is 0.177. The van der Waals surface area contributed by atoms with Gasteiger partial charge in [-0.2, -0.15) is 4.31 Å². The number of hydrogen-bond acceptors (Lipinski definition) is 6. The molecule has 1 N–H and O–H groups in total. The van der Waals surface area contributed by atoms with E-state index >= 15 is 0 Å². The molecule has 1 aliphatic rings. The van der Waals surface area contributed by atoms with Gasteiger partial charge in [0.05, 0.1) is 21.3 Å². The Hall–Kier alpha value is -1.79. The molecule has 0 amide bonds. The zero-order valence-corrected chi connectivity index (χ0v) is 21.6. The van der Waals surface area contributed by atoms with E-state index in [2.05, 4.69) is 4.72 Å². The second kappa shape index (κ2) is 9.46. The van der Waals surface area contributed by atoms with Crippen molar-refractivity contribution < 1.29 is 25.3 Å². The van der Waals surface area contributed by atoms with E-state index in [1.165, 1.54) is 12.1 Å². The average molecular weight is 515 g/mol. The van der Waals surface area contributed by atoms with Gasteiger partial charge in [-0.15, -0.1) is 0 Å². The lowest BCUT2D eigenvalue weighted by Crippen LogP contribution is -2.45. The minimum absolute atomic E-state index is 0.0620. The molecular weight excluding hydrogens is 484 g/mol. The first-order valence-corrected chi connectivity index (χ1v) is 15.3. The third-order valence-corrected chi connectivity index (χ3v) is 11.3. The maximum Gasteiger partial charge on any atom is 0.243 e. The minimum Gasteiger partial charge on any atom is -0.229 e. The van der Waals surface area contributed by atoms with E-state index in [1.807, 2.05) is 20.8 Å². The molecule has 2 aromatic rings. The molecule has 1 aliphatic heterocycles. The van der Waals surface area contributed by atoms with Gasteiger partial charge >= 0.3 is 0 Å². The maximum atomic E-state index is 13.5. The van der Waals surface area contributed by atoms with Crippen LogP contribution in [0.4, 0.5) is 0 Å². The predicted molar refractivity (Wildman–Crippen MR) is 128 cm³/mol. The van der Waals surface area contributed by atoms with Crippen molar-refractivity contribution in [1.29, 1.82) is 0 Å². The van der Waals surface area contributed by atoms with Crippen molar-refractivity contribution in [2.75, 3.05) is 24.6 Å². The fraction of sp³-hybridized carbons (Fsp3) is 0.455. The maximum absolute atomic E-state index is 13.5. The van der Waals surface area contributed by atoms with Crippen LogP contribution < -0.4 is 4.72 Å². The molecule has 0 aliphatic carbocycles. The molecule has 0 radical (unpaired) electrons. The summed E-state index contributed by atoms with van der Waals surface area (Å²) in [6, 6.07) is 8.78. The molecule has 3 rings (SSSR count). The van der Waals surface area contributed by atoms with Crippen LogP contribution in [-0.2, 0) is 29.9 Å². The van der Waals surface area contributed by atoms with E-state index in [1.54, 1.807) is 31.2 Å². The van der Waals surface area contributed by atoms with Crippen LogP contribution in [0, 0.1) is 27.7 Å². The highest BCUT2D eigenvalue weighted by atomic mass is 32.2. The second-order valence-corrected chi connectivity index (χ2v) is 14.4. The van der Waals surface area contributed by atoms with Crippen molar-refractivity contribution in [3.63, 3.8) is 0 Å². The van der Waals surface area contributed by atoms with Crippen LogP contribution in [-0.4, -0.2) is 60.2 Å². The summed E-state index contributed by atoms with van der Waals surface area (Å²) in [4.78, 5) is 0.157. The summed E-state index contributed by atoms with van der Waals surface area (Å²) in [5, 5.41) is 0. The molecule has 0 saturated carbocycles. The van der Waals surface area contributed by atoms with Gasteiger partial charge in [-0.25, -0.2) is 30.0 Å². The summed E-state index contributed by atoms with van der Waals surface area (Å²) in [5.41, 5.74) is 3.52. The molecule has 8 nitrogen and oxygen atoms in total. The third kappa shape index (κ3) is 5.83. The Kier molecular flexibility index (Phi) is 7.40. The fourth-order valence-electron chi connectivity index (χ4n) is 3.77. The largest absolute Gasteiger partial charge is 0.243 e. The quantitative estimate of drug-likeness (QED) is 0.576. The van der Waals surface area contributed by atoms with E-state index in [0.29, 0.717) is 0 Å². The van der Waals surface area contributed by atoms with Crippen molar-refractivity contribution in [1.82, 2.24) is 9.03 Å². The summed E-state index contributed by atoms with van der Waals surface area (Å²) in [7, 11) is -11.2. The Morgan fingerprint density at radius 2 is 1.42 bits per heavy atom. The van der Waals surface area contributed by atoms with Gasteiger partial charge < -0.3 is 0 Å². The van der Waals surface area contributed by atoms with Crippen LogP contribution >= 0.6 is 0 Å². The van der Waals surface area contributed by atoms with Gasteiger partial charge in [0, 0.05) is 19.1 Å². The van der Waals surface area contributed by atoms with Crippen LogP contribution in [0.5, 0.6) is 0 Å². The molecule has 2 aromatic carbocycles. The first-order chi connectivity index (χ1) is 15.2. The highest BCUT2D eigenvalue weighted by Gasteiger charge is 2.38. The summed E-state index contributed by atoms with van der Waals surface area (Å²) in [5.74, 6) is -0.369. The van der Waals surface area contributed by atoms with E-state index in [-0.39, 0.29) is 40.8 Å². The number of hydrogen-bond donors (Lipinski definition) is 1. The highest BCUT2D eigenvalue weighted by Crippen LogP contribution is 2.26. The monoisotopic (exact) mass is 514 g/mol. The Bertz CT molecular complexity index is 1370. The molecular formula is C22H30N2O6S3. The number of benzene rings is 2. The van der Waals surface area contributed by atoms with Gasteiger partial charge in [0.2, 0.25) is 20.0 Å². The van der Waals surface area contributed by atoms with Crippen molar-refractivity contribution in [2.45, 2.75) is 49.9 Å². The molecule has 0 spiro atoms. The minimum atomic E-state index is -4.03. The van der Waals surface area contributed by atoms with Gasteiger partial charge in [-0.3, -0.25) is 0 Å². The topological polar surface area (TPSA) is 118 Å². The fourth-order valence-corrected chi connectivity index (χ4v) is 8.44. The molecule has 1 atom stereocenters. The third-order valence-electron chi connectivity index (χ3n) is 6.11. The Morgan fingerprint density at radius 1 is 0.879 bits per heavy atom. The number of nitrogens with zero attached hydrogens (tertiary/aromatic N) is 1. The SMILES string of the molecule is Cc1ccc(S(=O)(=O)NCCN([C@@H]2CCS(=O)(=O)C2)S(=O)(=O)c2ccc(C)c(C)c2)cc1C. The number of sulfone groups is 1. The average Bonchev–Trinajstić information content (AvgIpc) is 3.08. The van der Waals surface area contributed by atoms with E-state index in [9.17, 15) is 25.3 Å². The van der Waals surface area contributed by atoms with Crippen molar-refractivity contribution in [3.8, 4) is 0 Å². The molecule has 11 heteroatoms. The first kappa shape index (κ1) is 25.8. The number of rotatable bonds is 8. The summed E-state index contributed by atoms with van der Waals surface area (Å²) < 4.78 is 80.1. The lowest BCUT2D eigenvalue weighted by atomic mass is 10.1. The lowest BCUT2D eigenvalue weighted by Gasteiger charge is -2.27. The van der Waals surface area contributed by atoms with Crippen LogP contribution in [0.1, 0.15) is 28.7 Å². The molecule has 1 heterocycles. The molecule has 0 bridgehead atoms. The van der Waals surface area contributed by atoms with Crippen LogP contribution in [0.2, 0.25) is 0 Å². The van der Waals surface area contributed by atoms with Crippen molar-refractivity contribution in [3.05, 3.63) is 58.7 Å². The number of sulfonamides is 2. The Morgan fingerprint density at radius 3 is 1.94 bits per heavy atom. The molecule has 0 aromatic heterocycles. The Balaban J connectivity index is 1.86. The van der Waals surface area contributed by atoms with Crippen LogP contribution in [0.25, 0.3) is 0 Å². The van der Waals surface area contributed by atoms with Gasteiger partial charge in [-0.05, 0) is 80.6 Å². The van der Waals surface area contributed by atoms with Crippen molar-refractivity contribution in [2.24, 2.45) is 0 Å². The number of nitrogens with one attached hydrogen (secondary N) is 1. The van der Waals surface area contributed by atoms with Gasteiger partial charge in [-0.1, -0.05) is 12.1 Å². The predicted octanol–water partition coefficient (Wildman–Crippen LogP) is 2.08. The molecule has 0 unspecified atom stereocenters. The van der Waals surface area contributed by atoms with E-state index in [4.69, 9.17) is 0 Å². The van der Waals surface area contributed by atoms with Gasteiger partial charge in [0.1, 0.15) is 0 Å². The smallest absolute Gasteiger partial charge is 0.229 e. The zero-order valence-electron chi connectivity index (χ0n) is 19.2. The summed E-state index contributed by atoms with van der Waals surface area (Å²) >= 11 is 0. The van der Waals surface area contributed by atoms with Gasteiger partial charge in [0.25, 0.3) is 0 Å².